The van der Waals surface area contributed by atoms with Crippen LogP contribution in [0.4, 0.5) is 10.6 Å². The van der Waals surface area contributed by atoms with Gasteiger partial charge in [-0.05, 0) is 39.3 Å². The first kappa shape index (κ1) is 19.4. The average Bonchev–Trinajstić information content (AvgIpc) is 3.27. The molecule has 29 heavy (non-hydrogen) atoms. The molecule has 1 N–H and O–H groups in total. The summed E-state index contributed by atoms with van der Waals surface area (Å²) in [5.41, 5.74) is 1.79. The third-order valence-corrected chi connectivity index (χ3v) is 4.74. The van der Waals surface area contributed by atoms with E-state index in [4.69, 9.17) is 21.3 Å². The van der Waals surface area contributed by atoms with Crippen molar-refractivity contribution >= 4 is 29.2 Å². The molecule has 9 heteroatoms. The van der Waals surface area contributed by atoms with Crippen molar-refractivity contribution in [3.8, 4) is 11.3 Å². The van der Waals surface area contributed by atoms with Crippen LogP contribution >= 0.6 is 11.6 Å². The molecule has 8 nitrogen and oxygen atoms in total. The molecule has 3 aromatic heterocycles. The van der Waals surface area contributed by atoms with Crippen LogP contribution < -0.4 is 5.32 Å². The molecule has 0 spiro atoms. The lowest BCUT2D eigenvalue weighted by Gasteiger charge is -2.24. The van der Waals surface area contributed by atoms with Crippen molar-refractivity contribution in [2.75, 3.05) is 18.4 Å². The zero-order valence-electron chi connectivity index (χ0n) is 16.6. The molecule has 0 radical (unpaired) electrons. The average molecular weight is 415 g/mol. The van der Waals surface area contributed by atoms with Gasteiger partial charge in [0.2, 0.25) is 0 Å². The fraction of sp³-hybridized carbons (Fsp3) is 0.400. The molecule has 1 aliphatic rings. The van der Waals surface area contributed by atoms with Crippen LogP contribution in [-0.2, 0) is 4.74 Å². The summed E-state index contributed by atoms with van der Waals surface area (Å²) >= 11 is 5.98. The first-order valence-electron chi connectivity index (χ1n) is 9.49. The molecule has 4 heterocycles. The van der Waals surface area contributed by atoms with E-state index in [0.29, 0.717) is 23.8 Å². The van der Waals surface area contributed by atoms with Gasteiger partial charge < -0.3 is 15.0 Å². The van der Waals surface area contributed by atoms with Gasteiger partial charge in [-0.3, -0.25) is 0 Å². The quantitative estimate of drug-likeness (QED) is 0.700. The first-order chi connectivity index (χ1) is 13.8. The number of aromatic nitrogens is 4. The molecule has 1 fully saturated rings. The van der Waals surface area contributed by atoms with Crippen LogP contribution in [-0.4, -0.2) is 55.3 Å². The highest BCUT2D eigenvalue weighted by Gasteiger charge is 2.29. The minimum Gasteiger partial charge on any atom is -0.444 e. The number of nitrogens with one attached hydrogen (secondary N) is 1. The SMILES string of the molecule is CC(C)(C)OC(=O)N1CCC(Nc2cccc(-c3cnn4cc(Cl)cnc34)n2)C1. The first-order valence-corrected chi connectivity index (χ1v) is 9.87. The van der Waals surface area contributed by atoms with Crippen LogP contribution in [0.5, 0.6) is 0 Å². The number of rotatable bonds is 3. The maximum Gasteiger partial charge on any atom is 0.410 e. The van der Waals surface area contributed by atoms with Crippen LogP contribution in [0.3, 0.4) is 0 Å². The summed E-state index contributed by atoms with van der Waals surface area (Å²) in [7, 11) is 0. The van der Waals surface area contributed by atoms with Crippen molar-refractivity contribution in [2.24, 2.45) is 0 Å². The summed E-state index contributed by atoms with van der Waals surface area (Å²) in [6.45, 7) is 6.85. The van der Waals surface area contributed by atoms with E-state index in [-0.39, 0.29) is 12.1 Å². The Bertz CT molecular complexity index is 1040. The fourth-order valence-corrected chi connectivity index (χ4v) is 3.42. The highest BCUT2D eigenvalue weighted by atomic mass is 35.5. The monoisotopic (exact) mass is 414 g/mol. The number of carbonyl (C=O) groups is 1. The Hall–Kier alpha value is -2.87. The fourth-order valence-electron chi connectivity index (χ4n) is 3.28. The molecule has 0 bridgehead atoms. The van der Waals surface area contributed by atoms with E-state index in [0.717, 1.165) is 23.5 Å². The van der Waals surface area contributed by atoms with E-state index < -0.39 is 5.60 Å². The Morgan fingerprint density at radius 2 is 2.14 bits per heavy atom. The third-order valence-electron chi connectivity index (χ3n) is 4.54. The summed E-state index contributed by atoms with van der Waals surface area (Å²) in [5.74, 6) is 0.742. The standard InChI is InChI=1S/C20H23ClN6O2/c1-20(2,3)29-19(28)26-8-7-14(12-26)24-17-6-4-5-16(25-17)15-10-23-27-11-13(21)9-22-18(15)27/h4-6,9-11,14H,7-8,12H2,1-3H3,(H,24,25). The topological polar surface area (TPSA) is 84.7 Å². The predicted molar refractivity (Wildman–Crippen MR) is 111 cm³/mol. The van der Waals surface area contributed by atoms with Gasteiger partial charge in [0.25, 0.3) is 0 Å². The van der Waals surface area contributed by atoms with Gasteiger partial charge in [-0.2, -0.15) is 5.10 Å². The molecular formula is C20H23ClN6O2. The van der Waals surface area contributed by atoms with Gasteiger partial charge in [-0.1, -0.05) is 17.7 Å². The number of ether oxygens (including phenoxy) is 1. The van der Waals surface area contributed by atoms with Gasteiger partial charge in [-0.25, -0.2) is 19.3 Å². The molecule has 0 aromatic carbocycles. The number of amides is 1. The van der Waals surface area contributed by atoms with Gasteiger partial charge in [0.1, 0.15) is 11.4 Å². The molecule has 152 valence electrons. The summed E-state index contributed by atoms with van der Waals surface area (Å²) in [6.07, 6.45) is 5.58. The normalized spacial score (nSPS) is 17.0. The van der Waals surface area contributed by atoms with Crippen LogP contribution in [0.1, 0.15) is 27.2 Å². The van der Waals surface area contributed by atoms with E-state index >= 15 is 0 Å². The number of nitrogens with zero attached hydrogens (tertiary/aromatic N) is 5. The number of likely N-dealkylation sites (tertiary alicyclic amines) is 1. The molecule has 0 saturated carbocycles. The third kappa shape index (κ3) is 4.42. The van der Waals surface area contributed by atoms with Gasteiger partial charge in [0.05, 0.1) is 28.7 Å². The van der Waals surface area contributed by atoms with Crippen LogP contribution in [0, 0.1) is 0 Å². The Morgan fingerprint density at radius 3 is 2.93 bits per heavy atom. The molecule has 0 aliphatic carbocycles. The lowest BCUT2D eigenvalue weighted by molar-refractivity contribution is 0.0293. The van der Waals surface area contributed by atoms with Gasteiger partial charge in [0.15, 0.2) is 5.65 Å². The summed E-state index contributed by atoms with van der Waals surface area (Å²) in [6, 6.07) is 5.88. The molecule has 1 aliphatic heterocycles. The summed E-state index contributed by atoms with van der Waals surface area (Å²) < 4.78 is 7.09. The molecule has 1 saturated heterocycles. The number of anilines is 1. The van der Waals surface area contributed by atoms with Crippen molar-refractivity contribution in [2.45, 2.75) is 38.8 Å². The lowest BCUT2D eigenvalue weighted by Crippen LogP contribution is -2.36. The molecule has 4 rings (SSSR count). The van der Waals surface area contributed by atoms with Crippen LogP contribution in [0.2, 0.25) is 5.02 Å². The van der Waals surface area contributed by atoms with Gasteiger partial charge in [0, 0.05) is 25.3 Å². The zero-order valence-corrected chi connectivity index (χ0v) is 17.3. The smallest absolute Gasteiger partial charge is 0.410 e. The second kappa shape index (κ2) is 7.51. The van der Waals surface area contributed by atoms with Crippen molar-refractivity contribution in [3.63, 3.8) is 0 Å². The van der Waals surface area contributed by atoms with Crippen molar-refractivity contribution < 1.29 is 9.53 Å². The van der Waals surface area contributed by atoms with Crippen molar-refractivity contribution in [3.05, 3.63) is 41.8 Å². The Balaban J connectivity index is 1.46. The summed E-state index contributed by atoms with van der Waals surface area (Å²) in [4.78, 5) is 23.0. The largest absolute Gasteiger partial charge is 0.444 e. The van der Waals surface area contributed by atoms with Gasteiger partial charge >= 0.3 is 6.09 Å². The van der Waals surface area contributed by atoms with E-state index in [1.165, 1.54) is 0 Å². The predicted octanol–water partition coefficient (Wildman–Crippen LogP) is 3.87. The second-order valence-electron chi connectivity index (χ2n) is 8.06. The zero-order chi connectivity index (χ0) is 20.6. The maximum atomic E-state index is 12.3. The summed E-state index contributed by atoms with van der Waals surface area (Å²) in [5, 5.41) is 8.24. The number of halogens is 1. The number of hydrogen-bond acceptors (Lipinski definition) is 6. The highest BCUT2D eigenvalue weighted by molar-refractivity contribution is 6.30. The lowest BCUT2D eigenvalue weighted by atomic mass is 10.2. The number of pyridine rings is 1. The minimum absolute atomic E-state index is 0.117. The molecular weight excluding hydrogens is 392 g/mol. The number of fused-ring (bicyclic) bond motifs is 1. The van der Waals surface area contributed by atoms with E-state index in [1.54, 1.807) is 28.0 Å². The number of hydrogen-bond donors (Lipinski definition) is 1. The molecule has 1 unspecified atom stereocenters. The number of carbonyl (C=O) groups excluding carboxylic acids is 1. The van der Waals surface area contributed by atoms with Crippen LogP contribution in [0.25, 0.3) is 16.9 Å². The maximum absolute atomic E-state index is 12.3. The molecule has 3 aromatic rings. The Kier molecular flexibility index (Phi) is 5.04. The highest BCUT2D eigenvalue weighted by Crippen LogP contribution is 2.24. The van der Waals surface area contributed by atoms with E-state index in [1.807, 2.05) is 39.0 Å². The van der Waals surface area contributed by atoms with E-state index in [9.17, 15) is 4.79 Å². The molecule has 1 amide bonds. The van der Waals surface area contributed by atoms with Crippen molar-refractivity contribution in [1.82, 2.24) is 24.5 Å². The van der Waals surface area contributed by atoms with Crippen LogP contribution in [0.15, 0.2) is 36.8 Å². The van der Waals surface area contributed by atoms with E-state index in [2.05, 4.69) is 15.4 Å². The Labute approximate surface area is 173 Å². The van der Waals surface area contributed by atoms with Gasteiger partial charge in [-0.15, -0.1) is 0 Å². The molecule has 1 atom stereocenters. The second-order valence-corrected chi connectivity index (χ2v) is 8.50. The van der Waals surface area contributed by atoms with Crippen molar-refractivity contribution in [1.29, 1.82) is 0 Å². The minimum atomic E-state index is -0.495. The Morgan fingerprint density at radius 1 is 1.31 bits per heavy atom.